The van der Waals surface area contributed by atoms with E-state index in [0.29, 0.717) is 0 Å². The van der Waals surface area contributed by atoms with Crippen molar-refractivity contribution in [2.75, 3.05) is 0 Å². The molecule has 0 saturated carbocycles. The fraction of sp³-hybridized carbons (Fsp3) is 0.417. The molecule has 2 nitrogen and oxygen atoms in total. The first-order valence-corrected chi connectivity index (χ1v) is 4.95. The molecule has 1 aliphatic heterocycles. The van der Waals surface area contributed by atoms with Gasteiger partial charge in [-0.1, -0.05) is 19.1 Å². The van der Waals surface area contributed by atoms with Crippen LogP contribution < -0.4 is 4.74 Å². The lowest BCUT2D eigenvalue weighted by molar-refractivity contribution is -0.108. The Kier molecular flexibility index (Phi) is 2.28. The van der Waals surface area contributed by atoms with Crippen LogP contribution in [0.2, 0.25) is 0 Å². The van der Waals surface area contributed by atoms with Crippen LogP contribution in [0.15, 0.2) is 18.2 Å². The van der Waals surface area contributed by atoms with E-state index >= 15 is 0 Å². The highest BCUT2D eigenvalue weighted by Crippen LogP contribution is 2.30. The van der Waals surface area contributed by atoms with Crippen molar-refractivity contribution in [1.82, 2.24) is 0 Å². The summed E-state index contributed by atoms with van der Waals surface area (Å²) < 4.78 is 5.59. The smallest absolute Gasteiger partial charge is 0.127 e. The van der Waals surface area contributed by atoms with E-state index in [2.05, 4.69) is 13.0 Å². The molecule has 0 aliphatic carbocycles. The van der Waals surface area contributed by atoms with E-state index in [4.69, 9.17) is 4.74 Å². The van der Waals surface area contributed by atoms with Crippen LogP contribution in [0.1, 0.15) is 30.9 Å². The second kappa shape index (κ2) is 3.45. The summed E-state index contributed by atoms with van der Waals surface area (Å²) in [5.74, 6) is 0.954. The van der Waals surface area contributed by atoms with E-state index in [0.717, 1.165) is 24.0 Å². The van der Waals surface area contributed by atoms with Crippen molar-refractivity contribution in [3.8, 4) is 5.75 Å². The van der Waals surface area contributed by atoms with Gasteiger partial charge in [-0.3, -0.25) is 0 Å². The zero-order valence-electron chi connectivity index (χ0n) is 8.49. The lowest BCUT2D eigenvalue weighted by Gasteiger charge is -2.05. The molecule has 0 bridgehead atoms. The Labute approximate surface area is 83.9 Å². The number of carbonyl (C=O) groups is 1. The standard InChI is InChI=1S/C12H14O2/c1-8(7-13)10-3-4-12-11(6-10)5-9(2)14-12/h3-4,6-9H,5H2,1-2H3. The van der Waals surface area contributed by atoms with E-state index in [9.17, 15) is 4.79 Å². The van der Waals surface area contributed by atoms with E-state index < -0.39 is 0 Å². The number of hydrogen-bond acceptors (Lipinski definition) is 2. The molecule has 0 radical (unpaired) electrons. The molecule has 1 heterocycles. The average Bonchev–Trinajstić information content (AvgIpc) is 2.55. The van der Waals surface area contributed by atoms with Crippen molar-refractivity contribution in [3.05, 3.63) is 29.3 Å². The number of aldehydes is 1. The van der Waals surface area contributed by atoms with Gasteiger partial charge in [-0.15, -0.1) is 0 Å². The molecule has 14 heavy (non-hydrogen) atoms. The zero-order chi connectivity index (χ0) is 10.1. The zero-order valence-corrected chi connectivity index (χ0v) is 8.49. The highest BCUT2D eigenvalue weighted by atomic mass is 16.5. The van der Waals surface area contributed by atoms with Crippen LogP contribution >= 0.6 is 0 Å². The molecule has 2 heteroatoms. The van der Waals surface area contributed by atoms with Crippen LogP contribution in [-0.2, 0) is 11.2 Å². The van der Waals surface area contributed by atoms with Gasteiger partial charge in [-0.2, -0.15) is 0 Å². The molecule has 0 saturated heterocycles. The maximum absolute atomic E-state index is 10.6. The number of carbonyl (C=O) groups excluding carboxylic acids is 1. The molecule has 2 atom stereocenters. The van der Waals surface area contributed by atoms with E-state index in [1.165, 1.54) is 5.56 Å². The molecule has 0 spiro atoms. The minimum Gasteiger partial charge on any atom is -0.490 e. The Bertz CT molecular complexity index is 357. The van der Waals surface area contributed by atoms with Crippen molar-refractivity contribution in [1.29, 1.82) is 0 Å². The molecule has 74 valence electrons. The van der Waals surface area contributed by atoms with Crippen LogP contribution in [0.25, 0.3) is 0 Å². The summed E-state index contributed by atoms with van der Waals surface area (Å²) in [5.41, 5.74) is 2.31. The van der Waals surface area contributed by atoms with Crippen molar-refractivity contribution in [3.63, 3.8) is 0 Å². The third kappa shape index (κ3) is 1.52. The van der Waals surface area contributed by atoms with Gasteiger partial charge in [0.2, 0.25) is 0 Å². The summed E-state index contributed by atoms with van der Waals surface area (Å²) in [6.45, 7) is 3.97. The van der Waals surface area contributed by atoms with Crippen LogP contribution in [0.5, 0.6) is 5.75 Å². The van der Waals surface area contributed by atoms with Crippen molar-refractivity contribution in [2.45, 2.75) is 32.3 Å². The van der Waals surface area contributed by atoms with Crippen LogP contribution in [-0.4, -0.2) is 12.4 Å². The predicted molar refractivity (Wildman–Crippen MR) is 54.7 cm³/mol. The van der Waals surface area contributed by atoms with Crippen LogP contribution in [0.3, 0.4) is 0 Å². The summed E-state index contributed by atoms with van der Waals surface area (Å²) in [6.07, 6.45) is 2.20. The summed E-state index contributed by atoms with van der Waals surface area (Å²) in [7, 11) is 0. The highest BCUT2D eigenvalue weighted by molar-refractivity contribution is 5.62. The van der Waals surface area contributed by atoms with Gasteiger partial charge in [-0.25, -0.2) is 0 Å². The molecule has 2 unspecified atom stereocenters. The Balaban J connectivity index is 2.32. The maximum atomic E-state index is 10.6. The largest absolute Gasteiger partial charge is 0.490 e. The lowest BCUT2D eigenvalue weighted by atomic mass is 9.99. The monoisotopic (exact) mass is 190 g/mol. The Morgan fingerprint density at radius 3 is 3.07 bits per heavy atom. The first-order chi connectivity index (χ1) is 6.70. The second-order valence-corrected chi connectivity index (χ2v) is 3.92. The predicted octanol–water partition coefficient (Wildman–Crippen LogP) is 2.31. The Hall–Kier alpha value is -1.31. The van der Waals surface area contributed by atoms with Gasteiger partial charge in [0.15, 0.2) is 0 Å². The molecule has 0 amide bonds. The summed E-state index contributed by atoms with van der Waals surface area (Å²) in [4.78, 5) is 10.6. The Morgan fingerprint density at radius 2 is 2.36 bits per heavy atom. The number of benzene rings is 1. The van der Waals surface area contributed by atoms with Crippen molar-refractivity contribution >= 4 is 6.29 Å². The lowest BCUT2D eigenvalue weighted by Crippen LogP contribution is -2.05. The van der Waals surface area contributed by atoms with Gasteiger partial charge >= 0.3 is 0 Å². The first kappa shape index (κ1) is 9.25. The average molecular weight is 190 g/mol. The van der Waals surface area contributed by atoms with Gasteiger partial charge in [-0.05, 0) is 24.1 Å². The molecular formula is C12H14O2. The van der Waals surface area contributed by atoms with Gasteiger partial charge in [0.05, 0.1) is 0 Å². The van der Waals surface area contributed by atoms with Gasteiger partial charge in [0, 0.05) is 12.3 Å². The SMILES string of the molecule is CC1Cc2cc(C(C)C=O)ccc2O1. The molecule has 1 aliphatic rings. The number of rotatable bonds is 2. The highest BCUT2D eigenvalue weighted by Gasteiger charge is 2.19. The summed E-state index contributed by atoms with van der Waals surface area (Å²) >= 11 is 0. The van der Waals surface area contributed by atoms with Crippen LogP contribution in [0, 0.1) is 0 Å². The van der Waals surface area contributed by atoms with Crippen LogP contribution in [0.4, 0.5) is 0 Å². The third-order valence-electron chi connectivity index (χ3n) is 2.65. The van der Waals surface area contributed by atoms with E-state index in [-0.39, 0.29) is 12.0 Å². The fourth-order valence-corrected chi connectivity index (χ4v) is 1.80. The number of ether oxygens (including phenoxy) is 1. The molecule has 2 rings (SSSR count). The maximum Gasteiger partial charge on any atom is 0.127 e. The first-order valence-electron chi connectivity index (χ1n) is 4.95. The van der Waals surface area contributed by atoms with E-state index in [1.807, 2.05) is 19.1 Å². The minimum atomic E-state index is -0.0174. The summed E-state index contributed by atoms with van der Waals surface area (Å²) in [5, 5.41) is 0. The molecule has 1 aromatic rings. The van der Waals surface area contributed by atoms with Gasteiger partial charge in [0.1, 0.15) is 18.1 Å². The van der Waals surface area contributed by atoms with Crippen molar-refractivity contribution < 1.29 is 9.53 Å². The van der Waals surface area contributed by atoms with Gasteiger partial charge in [0.25, 0.3) is 0 Å². The van der Waals surface area contributed by atoms with Gasteiger partial charge < -0.3 is 9.53 Å². The van der Waals surface area contributed by atoms with Crippen molar-refractivity contribution in [2.24, 2.45) is 0 Å². The number of hydrogen-bond donors (Lipinski definition) is 0. The molecule has 0 aromatic heterocycles. The molecule has 0 N–H and O–H groups in total. The summed E-state index contributed by atoms with van der Waals surface area (Å²) in [6, 6.07) is 6.02. The van der Waals surface area contributed by atoms with E-state index in [1.54, 1.807) is 0 Å². The normalized spacial score (nSPS) is 21.1. The fourth-order valence-electron chi connectivity index (χ4n) is 1.80. The second-order valence-electron chi connectivity index (χ2n) is 3.92. The molecule has 0 fully saturated rings. The minimum absolute atomic E-state index is 0.0174. The number of fused-ring (bicyclic) bond motifs is 1. The molecule has 1 aromatic carbocycles. The topological polar surface area (TPSA) is 26.3 Å². The third-order valence-corrected chi connectivity index (χ3v) is 2.65. The quantitative estimate of drug-likeness (QED) is 0.669. The Morgan fingerprint density at radius 1 is 1.57 bits per heavy atom. The molecular weight excluding hydrogens is 176 g/mol.